The molecule has 2 N–H and O–H groups in total. The minimum Gasteiger partial charge on any atom is -0.326 e. The second kappa shape index (κ2) is 5.34. The summed E-state index contributed by atoms with van der Waals surface area (Å²) in [4.78, 5) is 0. The topological polar surface area (TPSA) is 26.0 Å². The van der Waals surface area contributed by atoms with E-state index in [2.05, 4.69) is 27.7 Å². The molecular formula is C14H29N. The average Bonchev–Trinajstić information content (AvgIpc) is 2.14. The molecule has 1 rings (SSSR count). The molecule has 1 aliphatic rings. The first-order valence-corrected chi connectivity index (χ1v) is 6.67. The van der Waals surface area contributed by atoms with Crippen LogP contribution in [-0.2, 0) is 0 Å². The molecule has 0 aliphatic heterocycles. The highest BCUT2D eigenvalue weighted by Crippen LogP contribution is 2.35. The Bertz CT molecular complexity index is 170. The SMILES string of the molecule is CC(C)C1CCC(CCC(C)(C)N)CC1. The Labute approximate surface area is 95.8 Å². The molecule has 1 heteroatoms. The lowest BCUT2D eigenvalue weighted by Crippen LogP contribution is -2.32. The normalized spacial score (nSPS) is 28.4. The molecule has 0 unspecified atom stereocenters. The van der Waals surface area contributed by atoms with Gasteiger partial charge in [0.25, 0.3) is 0 Å². The van der Waals surface area contributed by atoms with Crippen LogP contribution in [0.25, 0.3) is 0 Å². The maximum Gasteiger partial charge on any atom is 0.00971 e. The average molecular weight is 211 g/mol. The standard InChI is InChI=1S/C14H29N/c1-11(2)13-7-5-12(6-8-13)9-10-14(3,4)15/h11-13H,5-10,15H2,1-4H3. The third-order valence-electron chi connectivity index (χ3n) is 4.03. The Kier molecular flexibility index (Phi) is 4.64. The van der Waals surface area contributed by atoms with Crippen LogP contribution in [0.1, 0.15) is 66.2 Å². The van der Waals surface area contributed by atoms with Gasteiger partial charge >= 0.3 is 0 Å². The zero-order chi connectivity index (χ0) is 11.5. The van der Waals surface area contributed by atoms with Gasteiger partial charge in [0.15, 0.2) is 0 Å². The minimum atomic E-state index is 0.0366. The molecule has 90 valence electrons. The van der Waals surface area contributed by atoms with Gasteiger partial charge in [0.05, 0.1) is 0 Å². The summed E-state index contributed by atoms with van der Waals surface area (Å²) in [5.74, 6) is 2.84. The van der Waals surface area contributed by atoms with E-state index < -0.39 is 0 Å². The van der Waals surface area contributed by atoms with Gasteiger partial charge in [-0.3, -0.25) is 0 Å². The van der Waals surface area contributed by atoms with E-state index in [9.17, 15) is 0 Å². The summed E-state index contributed by atoms with van der Waals surface area (Å²) in [7, 11) is 0. The van der Waals surface area contributed by atoms with Crippen LogP contribution >= 0.6 is 0 Å². The second-order valence-electron chi connectivity index (χ2n) is 6.55. The van der Waals surface area contributed by atoms with Crippen molar-refractivity contribution in [2.75, 3.05) is 0 Å². The van der Waals surface area contributed by atoms with Crippen LogP contribution in [0.5, 0.6) is 0 Å². The number of hydrogen-bond acceptors (Lipinski definition) is 1. The number of rotatable bonds is 4. The summed E-state index contributed by atoms with van der Waals surface area (Å²) in [6.45, 7) is 9.03. The van der Waals surface area contributed by atoms with Crippen molar-refractivity contribution in [1.29, 1.82) is 0 Å². The van der Waals surface area contributed by atoms with Crippen molar-refractivity contribution in [3.63, 3.8) is 0 Å². The highest BCUT2D eigenvalue weighted by Gasteiger charge is 2.24. The van der Waals surface area contributed by atoms with Crippen molar-refractivity contribution >= 4 is 0 Å². The highest BCUT2D eigenvalue weighted by molar-refractivity contribution is 4.78. The van der Waals surface area contributed by atoms with Gasteiger partial charge in [-0.25, -0.2) is 0 Å². The van der Waals surface area contributed by atoms with Crippen LogP contribution in [0.2, 0.25) is 0 Å². The molecule has 0 bridgehead atoms. The predicted molar refractivity (Wildman–Crippen MR) is 67.8 cm³/mol. The third-order valence-corrected chi connectivity index (χ3v) is 4.03. The van der Waals surface area contributed by atoms with E-state index in [1.807, 2.05) is 0 Å². The first kappa shape index (κ1) is 13.0. The lowest BCUT2D eigenvalue weighted by molar-refractivity contribution is 0.208. The molecule has 0 heterocycles. The summed E-state index contributed by atoms with van der Waals surface area (Å²) in [5, 5.41) is 0. The molecule has 1 nitrogen and oxygen atoms in total. The minimum absolute atomic E-state index is 0.0366. The van der Waals surface area contributed by atoms with Gasteiger partial charge in [-0.2, -0.15) is 0 Å². The maximum atomic E-state index is 6.03. The van der Waals surface area contributed by atoms with Crippen molar-refractivity contribution in [2.45, 2.75) is 71.8 Å². The number of nitrogens with two attached hydrogens (primary N) is 1. The lowest BCUT2D eigenvalue weighted by atomic mass is 9.75. The summed E-state index contributed by atoms with van der Waals surface area (Å²) >= 11 is 0. The van der Waals surface area contributed by atoms with Gasteiger partial charge in [-0.15, -0.1) is 0 Å². The molecule has 0 spiro atoms. The van der Waals surface area contributed by atoms with E-state index >= 15 is 0 Å². The Morgan fingerprint density at radius 1 is 1.13 bits per heavy atom. The maximum absolute atomic E-state index is 6.03. The molecule has 15 heavy (non-hydrogen) atoms. The van der Waals surface area contributed by atoms with Gasteiger partial charge in [-0.05, 0) is 57.3 Å². The largest absolute Gasteiger partial charge is 0.326 e. The fourth-order valence-electron chi connectivity index (χ4n) is 2.72. The van der Waals surface area contributed by atoms with Crippen LogP contribution in [-0.4, -0.2) is 5.54 Å². The van der Waals surface area contributed by atoms with Gasteiger partial charge in [0, 0.05) is 5.54 Å². The van der Waals surface area contributed by atoms with Gasteiger partial charge in [-0.1, -0.05) is 26.7 Å². The Morgan fingerprint density at radius 2 is 1.67 bits per heavy atom. The molecule has 0 radical (unpaired) electrons. The lowest BCUT2D eigenvalue weighted by Gasteiger charge is -2.32. The molecule has 0 aromatic carbocycles. The molecule has 1 aliphatic carbocycles. The smallest absolute Gasteiger partial charge is 0.00971 e. The Balaban J connectivity index is 2.20. The molecule has 0 amide bonds. The van der Waals surface area contributed by atoms with E-state index in [0.29, 0.717) is 0 Å². The zero-order valence-corrected chi connectivity index (χ0v) is 11.1. The molecule has 0 aromatic heterocycles. The van der Waals surface area contributed by atoms with Crippen LogP contribution in [0.4, 0.5) is 0 Å². The van der Waals surface area contributed by atoms with E-state index in [1.54, 1.807) is 0 Å². The van der Waals surface area contributed by atoms with E-state index in [-0.39, 0.29) is 5.54 Å². The Morgan fingerprint density at radius 3 is 2.07 bits per heavy atom. The van der Waals surface area contributed by atoms with Crippen molar-refractivity contribution in [1.82, 2.24) is 0 Å². The molecule has 1 saturated carbocycles. The van der Waals surface area contributed by atoms with Crippen molar-refractivity contribution in [3.8, 4) is 0 Å². The Hall–Kier alpha value is -0.0400. The third kappa shape index (κ3) is 5.01. The predicted octanol–water partition coefficient (Wildman–Crippen LogP) is 3.97. The van der Waals surface area contributed by atoms with Crippen LogP contribution in [0, 0.1) is 17.8 Å². The van der Waals surface area contributed by atoms with Gasteiger partial charge < -0.3 is 5.73 Å². The van der Waals surface area contributed by atoms with Crippen molar-refractivity contribution < 1.29 is 0 Å². The van der Waals surface area contributed by atoms with E-state index in [1.165, 1.54) is 38.5 Å². The summed E-state index contributed by atoms with van der Waals surface area (Å²) < 4.78 is 0. The van der Waals surface area contributed by atoms with Gasteiger partial charge in [0.2, 0.25) is 0 Å². The fourth-order valence-corrected chi connectivity index (χ4v) is 2.72. The number of hydrogen-bond donors (Lipinski definition) is 1. The zero-order valence-electron chi connectivity index (χ0n) is 11.1. The first-order chi connectivity index (χ1) is 6.88. The monoisotopic (exact) mass is 211 g/mol. The summed E-state index contributed by atoms with van der Waals surface area (Å²) in [5.41, 5.74) is 6.06. The quantitative estimate of drug-likeness (QED) is 0.748. The van der Waals surface area contributed by atoms with Crippen LogP contribution in [0.3, 0.4) is 0 Å². The fraction of sp³-hybridized carbons (Fsp3) is 1.00. The van der Waals surface area contributed by atoms with E-state index in [4.69, 9.17) is 5.73 Å². The van der Waals surface area contributed by atoms with Crippen LogP contribution in [0.15, 0.2) is 0 Å². The molecule has 1 fully saturated rings. The first-order valence-electron chi connectivity index (χ1n) is 6.67. The van der Waals surface area contributed by atoms with Crippen molar-refractivity contribution in [3.05, 3.63) is 0 Å². The van der Waals surface area contributed by atoms with Crippen molar-refractivity contribution in [2.24, 2.45) is 23.5 Å². The summed E-state index contributed by atoms with van der Waals surface area (Å²) in [6.07, 6.45) is 8.32. The highest BCUT2D eigenvalue weighted by atomic mass is 14.7. The molecule has 0 saturated heterocycles. The van der Waals surface area contributed by atoms with E-state index in [0.717, 1.165) is 17.8 Å². The second-order valence-corrected chi connectivity index (χ2v) is 6.55. The molecule has 0 atom stereocenters. The molecular weight excluding hydrogens is 182 g/mol. The van der Waals surface area contributed by atoms with Crippen LogP contribution < -0.4 is 5.73 Å². The summed E-state index contributed by atoms with van der Waals surface area (Å²) in [6, 6.07) is 0. The molecule has 0 aromatic rings. The van der Waals surface area contributed by atoms with Gasteiger partial charge in [0.1, 0.15) is 0 Å².